The number of aromatic nitrogens is 1. The number of carbonyl (C=O) groups is 1. The second kappa shape index (κ2) is 7.01. The van der Waals surface area contributed by atoms with Crippen LogP contribution in [0.5, 0.6) is 0 Å². The number of hydrogen-bond donors (Lipinski definition) is 2. The molecule has 0 spiro atoms. The summed E-state index contributed by atoms with van der Waals surface area (Å²) >= 11 is 0. The van der Waals surface area contributed by atoms with Gasteiger partial charge in [0.05, 0.1) is 5.56 Å². The van der Waals surface area contributed by atoms with Crippen molar-refractivity contribution in [3.8, 4) is 0 Å². The van der Waals surface area contributed by atoms with E-state index in [1.165, 1.54) is 0 Å². The third kappa shape index (κ3) is 4.53. The molecule has 17 heavy (non-hydrogen) atoms. The van der Waals surface area contributed by atoms with Crippen LogP contribution in [0.2, 0.25) is 0 Å². The first-order chi connectivity index (χ1) is 8.15. The van der Waals surface area contributed by atoms with Crippen LogP contribution in [0.1, 0.15) is 35.8 Å². The van der Waals surface area contributed by atoms with E-state index < -0.39 is 0 Å². The standard InChI is InChI=1S/C13H20N2O2/c1-10(9-16)5-3-8-15-13(17)12-6-4-7-14-11(12)2/h4,6-7,10,16H,3,5,8-9H2,1-2H3,(H,15,17). The van der Waals surface area contributed by atoms with Gasteiger partial charge in [-0.1, -0.05) is 6.92 Å². The molecule has 0 aromatic carbocycles. The Balaban J connectivity index is 2.33. The molecule has 1 amide bonds. The molecule has 0 saturated heterocycles. The average molecular weight is 236 g/mol. The third-order valence-electron chi connectivity index (χ3n) is 2.72. The number of aryl methyl sites for hydroxylation is 1. The van der Waals surface area contributed by atoms with Crippen LogP contribution in [-0.4, -0.2) is 29.1 Å². The molecule has 1 heterocycles. The predicted octanol–water partition coefficient (Wildman–Crippen LogP) is 1.53. The predicted molar refractivity (Wildman–Crippen MR) is 66.8 cm³/mol. The molecule has 4 heteroatoms. The van der Waals surface area contributed by atoms with Crippen molar-refractivity contribution >= 4 is 5.91 Å². The fourth-order valence-corrected chi connectivity index (χ4v) is 1.56. The summed E-state index contributed by atoms with van der Waals surface area (Å²) in [7, 11) is 0. The lowest BCUT2D eigenvalue weighted by Gasteiger charge is -2.09. The van der Waals surface area contributed by atoms with Gasteiger partial charge in [-0.15, -0.1) is 0 Å². The van der Waals surface area contributed by atoms with Gasteiger partial charge in [0.25, 0.3) is 5.91 Å². The van der Waals surface area contributed by atoms with E-state index in [4.69, 9.17) is 5.11 Å². The van der Waals surface area contributed by atoms with Gasteiger partial charge in [0, 0.05) is 25.0 Å². The van der Waals surface area contributed by atoms with Crippen molar-refractivity contribution in [2.75, 3.05) is 13.2 Å². The van der Waals surface area contributed by atoms with Gasteiger partial charge in [0.2, 0.25) is 0 Å². The first-order valence-corrected chi connectivity index (χ1v) is 5.95. The molecule has 1 atom stereocenters. The highest BCUT2D eigenvalue weighted by Gasteiger charge is 2.08. The van der Waals surface area contributed by atoms with Crippen LogP contribution in [-0.2, 0) is 0 Å². The maximum atomic E-state index is 11.8. The molecule has 1 aromatic rings. The second-order valence-corrected chi connectivity index (χ2v) is 4.32. The van der Waals surface area contributed by atoms with E-state index >= 15 is 0 Å². The number of amides is 1. The van der Waals surface area contributed by atoms with Gasteiger partial charge in [-0.05, 0) is 37.8 Å². The van der Waals surface area contributed by atoms with Crippen LogP contribution in [0.3, 0.4) is 0 Å². The number of nitrogens with zero attached hydrogens (tertiary/aromatic N) is 1. The molecule has 0 aliphatic heterocycles. The minimum Gasteiger partial charge on any atom is -0.396 e. The number of carbonyl (C=O) groups excluding carboxylic acids is 1. The largest absolute Gasteiger partial charge is 0.396 e. The third-order valence-corrected chi connectivity index (χ3v) is 2.72. The molecule has 0 bridgehead atoms. The molecule has 1 aromatic heterocycles. The van der Waals surface area contributed by atoms with Crippen molar-refractivity contribution in [3.63, 3.8) is 0 Å². The van der Waals surface area contributed by atoms with Crippen LogP contribution in [0.4, 0.5) is 0 Å². The number of hydrogen-bond acceptors (Lipinski definition) is 3. The fraction of sp³-hybridized carbons (Fsp3) is 0.538. The normalized spacial score (nSPS) is 12.2. The summed E-state index contributed by atoms with van der Waals surface area (Å²) in [6.45, 7) is 4.66. The molecule has 0 aliphatic carbocycles. The maximum Gasteiger partial charge on any atom is 0.253 e. The number of aliphatic hydroxyl groups is 1. The van der Waals surface area contributed by atoms with Crippen molar-refractivity contribution in [2.45, 2.75) is 26.7 Å². The van der Waals surface area contributed by atoms with Crippen molar-refractivity contribution in [1.82, 2.24) is 10.3 Å². The van der Waals surface area contributed by atoms with E-state index in [2.05, 4.69) is 10.3 Å². The first-order valence-electron chi connectivity index (χ1n) is 5.95. The summed E-state index contributed by atoms with van der Waals surface area (Å²) in [4.78, 5) is 15.9. The van der Waals surface area contributed by atoms with E-state index in [1.54, 1.807) is 18.3 Å². The van der Waals surface area contributed by atoms with Crippen molar-refractivity contribution in [3.05, 3.63) is 29.6 Å². The molecule has 1 unspecified atom stereocenters. The lowest BCUT2D eigenvalue weighted by Crippen LogP contribution is -2.25. The van der Waals surface area contributed by atoms with Crippen molar-refractivity contribution in [2.24, 2.45) is 5.92 Å². The minimum absolute atomic E-state index is 0.0766. The molecule has 0 saturated carbocycles. The number of nitrogens with one attached hydrogen (secondary N) is 1. The Morgan fingerprint density at radius 1 is 1.59 bits per heavy atom. The molecule has 0 aliphatic rings. The highest BCUT2D eigenvalue weighted by molar-refractivity contribution is 5.95. The second-order valence-electron chi connectivity index (χ2n) is 4.32. The summed E-state index contributed by atoms with van der Waals surface area (Å²) < 4.78 is 0. The Labute approximate surface area is 102 Å². The van der Waals surface area contributed by atoms with Gasteiger partial charge in [-0.2, -0.15) is 0 Å². The summed E-state index contributed by atoms with van der Waals surface area (Å²) in [5.74, 6) is 0.222. The molecule has 94 valence electrons. The van der Waals surface area contributed by atoms with Gasteiger partial charge < -0.3 is 10.4 Å². The topological polar surface area (TPSA) is 62.2 Å². The minimum atomic E-state index is -0.0766. The summed E-state index contributed by atoms with van der Waals surface area (Å²) in [5.41, 5.74) is 1.37. The van der Waals surface area contributed by atoms with Gasteiger partial charge in [-0.3, -0.25) is 9.78 Å². The number of rotatable bonds is 6. The van der Waals surface area contributed by atoms with E-state index in [-0.39, 0.29) is 12.5 Å². The fourth-order valence-electron chi connectivity index (χ4n) is 1.56. The summed E-state index contributed by atoms with van der Waals surface area (Å²) in [6.07, 6.45) is 3.48. The van der Waals surface area contributed by atoms with Crippen LogP contribution < -0.4 is 5.32 Å². The van der Waals surface area contributed by atoms with Crippen LogP contribution in [0.25, 0.3) is 0 Å². The van der Waals surface area contributed by atoms with E-state index in [9.17, 15) is 4.79 Å². The van der Waals surface area contributed by atoms with E-state index in [1.807, 2.05) is 13.8 Å². The van der Waals surface area contributed by atoms with E-state index in [0.29, 0.717) is 18.0 Å². The van der Waals surface area contributed by atoms with Crippen molar-refractivity contribution in [1.29, 1.82) is 0 Å². The maximum absolute atomic E-state index is 11.8. The summed E-state index contributed by atoms with van der Waals surface area (Å²) in [5, 5.41) is 11.7. The molecule has 4 nitrogen and oxygen atoms in total. The lowest BCUT2D eigenvalue weighted by molar-refractivity contribution is 0.0951. The Kier molecular flexibility index (Phi) is 5.63. The molecule has 2 N–H and O–H groups in total. The quantitative estimate of drug-likeness (QED) is 0.736. The Morgan fingerprint density at radius 3 is 3.00 bits per heavy atom. The highest BCUT2D eigenvalue weighted by Crippen LogP contribution is 2.05. The number of pyridine rings is 1. The SMILES string of the molecule is Cc1ncccc1C(=O)NCCCC(C)CO. The highest BCUT2D eigenvalue weighted by atomic mass is 16.3. The Morgan fingerprint density at radius 2 is 2.35 bits per heavy atom. The number of aliphatic hydroxyl groups excluding tert-OH is 1. The van der Waals surface area contributed by atoms with Gasteiger partial charge in [0.15, 0.2) is 0 Å². The van der Waals surface area contributed by atoms with Crippen molar-refractivity contribution < 1.29 is 9.90 Å². The zero-order valence-corrected chi connectivity index (χ0v) is 10.4. The zero-order chi connectivity index (χ0) is 12.7. The Hall–Kier alpha value is -1.42. The van der Waals surface area contributed by atoms with Gasteiger partial charge in [0.1, 0.15) is 0 Å². The molecule has 0 fully saturated rings. The smallest absolute Gasteiger partial charge is 0.253 e. The Bertz CT molecular complexity index is 366. The summed E-state index contributed by atoms with van der Waals surface area (Å²) in [6, 6.07) is 3.53. The average Bonchev–Trinajstić information content (AvgIpc) is 2.34. The molecule has 0 radical (unpaired) electrons. The lowest BCUT2D eigenvalue weighted by atomic mass is 10.1. The molecular weight excluding hydrogens is 216 g/mol. The van der Waals surface area contributed by atoms with Gasteiger partial charge >= 0.3 is 0 Å². The molecule has 1 rings (SSSR count). The van der Waals surface area contributed by atoms with Gasteiger partial charge in [-0.25, -0.2) is 0 Å². The van der Waals surface area contributed by atoms with Crippen LogP contribution in [0, 0.1) is 12.8 Å². The molecular formula is C13H20N2O2. The van der Waals surface area contributed by atoms with Crippen LogP contribution in [0.15, 0.2) is 18.3 Å². The van der Waals surface area contributed by atoms with Crippen LogP contribution >= 0.6 is 0 Å². The first kappa shape index (κ1) is 13.6. The monoisotopic (exact) mass is 236 g/mol. The van der Waals surface area contributed by atoms with E-state index in [0.717, 1.165) is 18.5 Å². The zero-order valence-electron chi connectivity index (χ0n) is 10.4.